The molecule has 2 aliphatic rings. The topological polar surface area (TPSA) is 95.3 Å². The monoisotopic (exact) mass is 439 g/mol. The Labute approximate surface area is 184 Å². The molecule has 1 amide bonds. The number of hydrogen-bond donors (Lipinski definition) is 1. The number of nitrogens with zero attached hydrogens (tertiary/aromatic N) is 2. The van der Waals surface area contributed by atoms with E-state index in [-0.39, 0.29) is 23.7 Å². The van der Waals surface area contributed by atoms with Crippen LogP contribution in [0.25, 0.3) is 0 Å². The summed E-state index contributed by atoms with van der Waals surface area (Å²) in [6.45, 7) is 11.3. The van der Waals surface area contributed by atoms with E-state index in [4.69, 9.17) is 23.5 Å². The molecule has 31 heavy (non-hydrogen) atoms. The van der Waals surface area contributed by atoms with Crippen LogP contribution in [-0.4, -0.2) is 80.5 Å². The molecule has 0 bridgehead atoms. The van der Waals surface area contributed by atoms with E-state index in [0.29, 0.717) is 38.9 Å². The van der Waals surface area contributed by atoms with Crippen molar-refractivity contribution in [3.63, 3.8) is 0 Å². The normalized spacial score (nSPS) is 23.2. The van der Waals surface area contributed by atoms with Gasteiger partial charge in [0.1, 0.15) is 0 Å². The quantitative estimate of drug-likeness (QED) is 0.627. The van der Waals surface area contributed by atoms with Gasteiger partial charge in [-0.2, -0.15) is 0 Å². The number of hydrogen-bond acceptors (Lipinski definition) is 8. The van der Waals surface area contributed by atoms with Crippen molar-refractivity contribution in [3.8, 4) is 0 Å². The largest absolute Gasteiger partial charge is 0.376 e. The SMILES string of the molecule is CN(CC1COCCO1)C(C)(C)C(=O)Nc1cc(C(C)(C)COC2CCCCO2)no1. The molecule has 3 rings (SSSR count). The second-order valence-electron chi connectivity index (χ2n) is 9.53. The maximum Gasteiger partial charge on any atom is 0.246 e. The van der Waals surface area contributed by atoms with Crippen LogP contribution in [0.4, 0.5) is 5.88 Å². The Bertz CT molecular complexity index is 708. The van der Waals surface area contributed by atoms with Crippen LogP contribution in [0, 0.1) is 0 Å². The van der Waals surface area contributed by atoms with Gasteiger partial charge in [0.05, 0.1) is 43.8 Å². The molecule has 0 aliphatic carbocycles. The highest BCUT2D eigenvalue weighted by atomic mass is 16.7. The molecule has 2 atom stereocenters. The van der Waals surface area contributed by atoms with Gasteiger partial charge in [-0.1, -0.05) is 19.0 Å². The summed E-state index contributed by atoms with van der Waals surface area (Å²) in [4.78, 5) is 14.9. The zero-order chi connectivity index (χ0) is 22.5. The van der Waals surface area contributed by atoms with Gasteiger partial charge in [0.25, 0.3) is 0 Å². The highest BCUT2D eigenvalue weighted by Crippen LogP contribution is 2.27. The Balaban J connectivity index is 1.53. The summed E-state index contributed by atoms with van der Waals surface area (Å²) >= 11 is 0. The van der Waals surface area contributed by atoms with Crippen molar-refractivity contribution in [2.24, 2.45) is 0 Å². The fourth-order valence-electron chi connectivity index (χ4n) is 3.48. The molecule has 0 spiro atoms. The minimum absolute atomic E-state index is 0.0448. The molecule has 1 N–H and O–H groups in total. The van der Waals surface area contributed by atoms with Crippen molar-refractivity contribution in [2.45, 2.75) is 70.3 Å². The molecular formula is C22H37N3O6. The molecule has 2 saturated heterocycles. The highest BCUT2D eigenvalue weighted by Gasteiger charge is 2.35. The van der Waals surface area contributed by atoms with Crippen LogP contribution in [0.2, 0.25) is 0 Å². The standard InChI is InChI=1S/C22H37N3O6/c1-21(2,15-30-19-8-6-7-9-29-19)17-12-18(31-24-17)23-20(26)22(3,4)25(5)13-16-14-27-10-11-28-16/h12,16,19H,6-11,13-15H2,1-5H3,(H,23,26). The molecule has 0 radical (unpaired) electrons. The van der Waals surface area contributed by atoms with Crippen LogP contribution in [0.3, 0.4) is 0 Å². The van der Waals surface area contributed by atoms with Gasteiger partial charge in [-0.15, -0.1) is 0 Å². The van der Waals surface area contributed by atoms with E-state index in [0.717, 1.165) is 31.6 Å². The number of aromatic nitrogens is 1. The Hall–Kier alpha value is -1.52. The fourth-order valence-corrected chi connectivity index (χ4v) is 3.48. The average Bonchev–Trinajstić information content (AvgIpc) is 3.23. The lowest BCUT2D eigenvalue weighted by molar-refractivity contribution is -0.170. The predicted octanol–water partition coefficient (Wildman–Crippen LogP) is 2.56. The number of ether oxygens (including phenoxy) is 4. The van der Waals surface area contributed by atoms with E-state index in [2.05, 4.69) is 10.5 Å². The second kappa shape index (κ2) is 10.4. The molecule has 2 fully saturated rings. The van der Waals surface area contributed by atoms with E-state index in [1.165, 1.54) is 0 Å². The number of carbonyl (C=O) groups excluding carboxylic acids is 1. The van der Waals surface area contributed by atoms with E-state index in [9.17, 15) is 4.79 Å². The molecule has 2 unspecified atom stereocenters. The van der Waals surface area contributed by atoms with Crippen molar-refractivity contribution in [1.29, 1.82) is 0 Å². The van der Waals surface area contributed by atoms with Crippen molar-refractivity contribution < 1.29 is 28.3 Å². The maximum absolute atomic E-state index is 13.0. The minimum Gasteiger partial charge on any atom is -0.376 e. The smallest absolute Gasteiger partial charge is 0.246 e. The van der Waals surface area contributed by atoms with E-state index in [1.54, 1.807) is 6.07 Å². The van der Waals surface area contributed by atoms with Gasteiger partial charge < -0.3 is 23.5 Å². The maximum atomic E-state index is 13.0. The molecule has 0 aromatic carbocycles. The Morgan fingerprint density at radius 1 is 1.23 bits per heavy atom. The first-order valence-electron chi connectivity index (χ1n) is 11.1. The highest BCUT2D eigenvalue weighted by molar-refractivity contribution is 5.96. The molecular weight excluding hydrogens is 402 g/mol. The number of likely N-dealkylation sites (N-methyl/N-ethyl adjacent to an activating group) is 1. The molecule has 0 saturated carbocycles. The Morgan fingerprint density at radius 3 is 2.71 bits per heavy atom. The molecule has 2 aliphatic heterocycles. The van der Waals surface area contributed by atoms with Crippen molar-refractivity contribution in [3.05, 3.63) is 11.8 Å². The predicted molar refractivity (Wildman–Crippen MR) is 115 cm³/mol. The van der Waals surface area contributed by atoms with Crippen molar-refractivity contribution in [1.82, 2.24) is 10.1 Å². The number of rotatable bonds is 9. The first-order chi connectivity index (χ1) is 14.7. The number of anilines is 1. The van der Waals surface area contributed by atoms with Crippen molar-refractivity contribution in [2.75, 3.05) is 51.9 Å². The molecule has 1 aromatic heterocycles. The van der Waals surface area contributed by atoms with Gasteiger partial charge in [-0.05, 0) is 40.2 Å². The van der Waals surface area contributed by atoms with Crippen LogP contribution >= 0.6 is 0 Å². The Morgan fingerprint density at radius 2 is 2.03 bits per heavy atom. The molecule has 9 nitrogen and oxygen atoms in total. The van der Waals surface area contributed by atoms with Crippen molar-refractivity contribution >= 4 is 11.8 Å². The van der Waals surface area contributed by atoms with Crippen LogP contribution < -0.4 is 5.32 Å². The summed E-state index contributed by atoms with van der Waals surface area (Å²) in [7, 11) is 1.90. The van der Waals surface area contributed by atoms with Crippen LogP contribution in [0.5, 0.6) is 0 Å². The lowest BCUT2D eigenvalue weighted by atomic mass is 9.90. The van der Waals surface area contributed by atoms with Crippen LogP contribution in [0.15, 0.2) is 10.6 Å². The minimum atomic E-state index is -0.773. The lowest BCUT2D eigenvalue weighted by Gasteiger charge is -2.36. The zero-order valence-electron chi connectivity index (χ0n) is 19.4. The summed E-state index contributed by atoms with van der Waals surface area (Å²) in [5.74, 6) is 0.139. The number of amides is 1. The zero-order valence-corrected chi connectivity index (χ0v) is 19.4. The summed E-state index contributed by atoms with van der Waals surface area (Å²) in [5, 5.41) is 7.02. The second-order valence-corrected chi connectivity index (χ2v) is 9.53. The van der Waals surface area contributed by atoms with Crippen LogP contribution in [-0.2, 0) is 29.2 Å². The van der Waals surface area contributed by atoms with E-state index in [1.807, 2.05) is 39.6 Å². The van der Waals surface area contributed by atoms with Gasteiger partial charge in [-0.25, -0.2) is 0 Å². The summed E-state index contributed by atoms with van der Waals surface area (Å²) in [5.41, 5.74) is -0.430. The summed E-state index contributed by atoms with van der Waals surface area (Å²) in [6.07, 6.45) is 2.92. The third-order valence-corrected chi connectivity index (χ3v) is 6.08. The number of carbonyl (C=O) groups is 1. The molecule has 9 heteroatoms. The van der Waals surface area contributed by atoms with Gasteiger partial charge >= 0.3 is 0 Å². The first kappa shape index (κ1) is 24.1. The fraction of sp³-hybridized carbons (Fsp3) is 0.818. The molecule has 3 heterocycles. The lowest BCUT2D eigenvalue weighted by Crippen LogP contribution is -2.54. The van der Waals surface area contributed by atoms with E-state index < -0.39 is 5.54 Å². The van der Waals surface area contributed by atoms with Gasteiger partial charge in [0, 0.05) is 24.6 Å². The average molecular weight is 440 g/mol. The number of nitrogens with one attached hydrogen (secondary N) is 1. The summed E-state index contributed by atoms with van der Waals surface area (Å²) < 4.78 is 28.1. The molecule has 1 aromatic rings. The van der Waals surface area contributed by atoms with E-state index >= 15 is 0 Å². The summed E-state index contributed by atoms with van der Waals surface area (Å²) in [6, 6.07) is 1.76. The first-order valence-corrected chi connectivity index (χ1v) is 11.1. The van der Waals surface area contributed by atoms with Gasteiger partial charge in [0.2, 0.25) is 11.8 Å². The van der Waals surface area contributed by atoms with Crippen LogP contribution in [0.1, 0.15) is 52.7 Å². The third kappa shape index (κ3) is 6.49. The molecule has 176 valence electrons. The Kier molecular flexibility index (Phi) is 8.09. The van der Waals surface area contributed by atoms with Gasteiger partial charge in [-0.3, -0.25) is 15.0 Å². The third-order valence-electron chi connectivity index (χ3n) is 6.08. The van der Waals surface area contributed by atoms with Gasteiger partial charge in [0.15, 0.2) is 6.29 Å².